The number of amides is 1. The highest BCUT2D eigenvalue weighted by Crippen LogP contribution is 2.39. The van der Waals surface area contributed by atoms with Gasteiger partial charge in [-0.05, 0) is 38.0 Å². The third-order valence-corrected chi connectivity index (χ3v) is 4.76. The normalized spacial score (nSPS) is 23.9. The summed E-state index contributed by atoms with van der Waals surface area (Å²) >= 11 is 3.54. The van der Waals surface area contributed by atoms with Crippen LogP contribution in [-0.4, -0.2) is 38.3 Å². The van der Waals surface area contributed by atoms with E-state index in [1.807, 2.05) is 26.1 Å². The molecule has 1 unspecified atom stereocenters. The SMILES string of the molecule is CC1C(=O)N(C)c2ccc(Br)cc2N1C1CCOCC1. The molecule has 2 aliphatic heterocycles. The summed E-state index contributed by atoms with van der Waals surface area (Å²) in [6.45, 7) is 3.56. The van der Waals surface area contributed by atoms with E-state index in [4.69, 9.17) is 4.74 Å². The van der Waals surface area contributed by atoms with Crippen molar-refractivity contribution in [1.82, 2.24) is 0 Å². The summed E-state index contributed by atoms with van der Waals surface area (Å²) in [6.07, 6.45) is 1.96. The van der Waals surface area contributed by atoms with Gasteiger partial charge in [0.2, 0.25) is 5.91 Å². The van der Waals surface area contributed by atoms with E-state index in [0.29, 0.717) is 6.04 Å². The molecule has 0 saturated carbocycles. The number of ether oxygens (including phenoxy) is 1. The maximum atomic E-state index is 12.5. The molecule has 1 aromatic carbocycles. The van der Waals surface area contributed by atoms with Crippen molar-refractivity contribution >= 4 is 33.2 Å². The Balaban J connectivity index is 2.05. The molecule has 1 atom stereocenters. The fourth-order valence-electron chi connectivity index (χ4n) is 3.19. The first kappa shape index (κ1) is 13.9. The number of carbonyl (C=O) groups excluding carboxylic acids is 1. The molecule has 1 fully saturated rings. The number of likely N-dealkylation sites (N-methyl/N-ethyl adjacent to an activating group) is 1. The minimum absolute atomic E-state index is 0.120. The summed E-state index contributed by atoms with van der Waals surface area (Å²) in [5, 5.41) is 0. The molecule has 20 heavy (non-hydrogen) atoms. The van der Waals surface area contributed by atoms with Gasteiger partial charge in [-0.25, -0.2) is 0 Å². The van der Waals surface area contributed by atoms with E-state index in [-0.39, 0.29) is 11.9 Å². The highest BCUT2D eigenvalue weighted by atomic mass is 79.9. The Kier molecular flexibility index (Phi) is 3.73. The van der Waals surface area contributed by atoms with Gasteiger partial charge in [-0.3, -0.25) is 4.79 Å². The van der Waals surface area contributed by atoms with E-state index in [1.54, 1.807) is 4.90 Å². The van der Waals surface area contributed by atoms with E-state index < -0.39 is 0 Å². The van der Waals surface area contributed by atoms with Crippen molar-refractivity contribution in [3.63, 3.8) is 0 Å². The predicted molar refractivity (Wildman–Crippen MR) is 83.3 cm³/mol. The van der Waals surface area contributed by atoms with Crippen LogP contribution in [0.3, 0.4) is 0 Å². The molecule has 0 N–H and O–H groups in total. The van der Waals surface area contributed by atoms with Crippen molar-refractivity contribution in [2.45, 2.75) is 31.8 Å². The van der Waals surface area contributed by atoms with Crippen molar-refractivity contribution in [3.8, 4) is 0 Å². The Morgan fingerprint density at radius 1 is 1.25 bits per heavy atom. The molecule has 0 aliphatic carbocycles. The number of anilines is 2. The lowest BCUT2D eigenvalue weighted by atomic mass is 9.99. The first-order chi connectivity index (χ1) is 9.59. The summed E-state index contributed by atoms with van der Waals surface area (Å²) in [5.74, 6) is 0.159. The third kappa shape index (κ3) is 2.23. The number of carbonyl (C=O) groups is 1. The molecule has 1 saturated heterocycles. The fraction of sp³-hybridized carbons (Fsp3) is 0.533. The Labute approximate surface area is 127 Å². The first-order valence-electron chi connectivity index (χ1n) is 7.03. The number of benzene rings is 1. The standard InChI is InChI=1S/C15H19BrN2O2/c1-10-15(19)17(2)13-4-3-11(16)9-14(13)18(10)12-5-7-20-8-6-12/h3-4,9-10,12H,5-8H2,1-2H3. The van der Waals surface area contributed by atoms with E-state index >= 15 is 0 Å². The summed E-state index contributed by atoms with van der Waals surface area (Å²) < 4.78 is 6.50. The van der Waals surface area contributed by atoms with E-state index in [2.05, 4.69) is 26.9 Å². The molecule has 5 heteroatoms. The third-order valence-electron chi connectivity index (χ3n) is 4.27. The Morgan fingerprint density at radius 3 is 2.65 bits per heavy atom. The minimum atomic E-state index is -0.120. The molecule has 2 aliphatic rings. The maximum Gasteiger partial charge on any atom is 0.249 e. The van der Waals surface area contributed by atoms with Gasteiger partial charge in [-0.2, -0.15) is 0 Å². The lowest BCUT2D eigenvalue weighted by molar-refractivity contribution is -0.119. The van der Waals surface area contributed by atoms with E-state index in [1.165, 1.54) is 0 Å². The number of hydrogen-bond donors (Lipinski definition) is 0. The van der Waals surface area contributed by atoms with E-state index in [0.717, 1.165) is 41.9 Å². The van der Waals surface area contributed by atoms with Crippen LogP contribution in [0.2, 0.25) is 0 Å². The molecule has 3 rings (SSSR count). The molecule has 1 aromatic rings. The van der Waals surface area contributed by atoms with Gasteiger partial charge in [0.15, 0.2) is 0 Å². The van der Waals surface area contributed by atoms with Crippen LogP contribution in [0.25, 0.3) is 0 Å². The van der Waals surface area contributed by atoms with Crippen molar-refractivity contribution in [2.75, 3.05) is 30.1 Å². The van der Waals surface area contributed by atoms with Crippen LogP contribution in [0.4, 0.5) is 11.4 Å². The second-order valence-corrected chi connectivity index (χ2v) is 6.37. The van der Waals surface area contributed by atoms with Gasteiger partial charge >= 0.3 is 0 Å². The van der Waals surface area contributed by atoms with Crippen LogP contribution in [0.5, 0.6) is 0 Å². The van der Waals surface area contributed by atoms with Gasteiger partial charge in [0.05, 0.1) is 11.4 Å². The topological polar surface area (TPSA) is 32.8 Å². The van der Waals surface area contributed by atoms with Crippen LogP contribution in [0.1, 0.15) is 19.8 Å². The lowest BCUT2D eigenvalue weighted by Gasteiger charge is -2.45. The highest BCUT2D eigenvalue weighted by molar-refractivity contribution is 9.10. The second kappa shape index (κ2) is 5.37. The maximum absolute atomic E-state index is 12.5. The number of hydrogen-bond acceptors (Lipinski definition) is 3. The zero-order valence-electron chi connectivity index (χ0n) is 11.8. The zero-order chi connectivity index (χ0) is 14.3. The van der Waals surface area contributed by atoms with Crippen LogP contribution < -0.4 is 9.80 Å². The van der Waals surface area contributed by atoms with Gasteiger partial charge < -0.3 is 14.5 Å². The smallest absolute Gasteiger partial charge is 0.249 e. The lowest BCUT2D eigenvalue weighted by Crippen LogP contribution is -2.55. The minimum Gasteiger partial charge on any atom is -0.381 e. The average molecular weight is 339 g/mol. The molecule has 4 nitrogen and oxygen atoms in total. The van der Waals surface area contributed by atoms with Crippen molar-refractivity contribution in [1.29, 1.82) is 0 Å². The molecular formula is C15H19BrN2O2. The Morgan fingerprint density at radius 2 is 1.95 bits per heavy atom. The molecule has 1 amide bonds. The second-order valence-electron chi connectivity index (χ2n) is 5.46. The Hall–Kier alpha value is -1.07. The van der Waals surface area contributed by atoms with Crippen molar-refractivity contribution in [2.24, 2.45) is 0 Å². The van der Waals surface area contributed by atoms with Gasteiger partial charge in [0.1, 0.15) is 6.04 Å². The van der Waals surface area contributed by atoms with Crippen molar-refractivity contribution < 1.29 is 9.53 Å². The van der Waals surface area contributed by atoms with Crippen LogP contribution in [0, 0.1) is 0 Å². The van der Waals surface area contributed by atoms with E-state index in [9.17, 15) is 4.79 Å². The average Bonchev–Trinajstić information content (AvgIpc) is 2.46. The molecular weight excluding hydrogens is 320 g/mol. The van der Waals surface area contributed by atoms with Gasteiger partial charge in [-0.15, -0.1) is 0 Å². The summed E-state index contributed by atoms with van der Waals surface area (Å²) in [5.41, 5.74) is 2.13. The molecule has 108 valence electrons. The summed E-state index contributed by atoms with van der Waals surface area (Å²) in [7, 11) is 1.85. The number of rotatable bonds is 1. The number of fused-ring (bicyclic) bond motifs is 1. The van der Waals surface area contributed by atoms with Gasteiger partial charge in [-0.1, -0.05) is 15.9 Å². The monoisotopic (exact) mass is 338 g/mol. The molecule has 0 aromatic heterocycles. The largest absolute Gasteiger partial charge is 0.381 e. The molecule has 0 bridgehead atoms. The number of nitrogens with zero attached hydrogens (tertiary/aromatic N) is 2. The molecule has 2 heterocycles. The summed E-state index contributed by atoms with van der Waals surface area (Å²) in [6, 6.07) is 6.37. The highest BCUT2D eigenvalue weighted by Gasteiger charge is 2.37. The Bertz CT molecular complexity index is 529. The van der Waals surface area contributed by atoms with Gasteiger partial charge in [0.25, 0.3) is 0 Å². The summed E-state index contributed by atoms with van der Waals surface area (Å²) in [4.78, 5) is 16.5. The van der Waals surface area contributed by atoms with Gasteiger partial charge in [0, 0.05) is 30.8 Å². The van der Waals surface area contributed by atoms with Crippen LogP contribution >= 0.6 is 15.9 Å². The van der Waals surface area contributed by atoms with Crippen molar-refractivity contribution in [3.05, 3.63) is 22.7 Å². The molecule has 0 spiro atoms. The van der Waals surface area contributed by atoms with Crippen LogP contribution in [0.15, 0.2) is 22.7 Å². The fourth-order valence-corrected chi connectivity index (χ4v) is 3.54. The zero-order valence-corrected chi connectivity index (χ0v) is 13.4. The molecule has 0 radical (unpaired) electrons. The first-order valence-corrected chi connectivity index (χ1v) is 7.82. The number of halogens is 1. The van der Waals surface area contributed by atoms with Crippen LogP contribution in [-0.2, 0) is 9.53 Å². The predicted octanol–water partition coefficient (Wildman–Crippen LogP) is 2.80. The quantitative estimate of drug-likeness (QED) is 0.789.